The van der Waals surface area contributed by atoms with Gasteiger partial charge in [0.05, 0.1) is 10.7 Å². The molecule has 0 amide bonds. The topological polar surface area (TPSA) is 64.7 Å². The number of nitrogen functional groups attached to an aromatic ring is 1. The average Bonchev–Trinajstić information content (AvgIpc) is 2.63. The van der Waals surface area contributed by atoms with Gasteiger partial charge in [-0.25, -0.2) is 0 Å². The van der Waals surface area contributed by atoms with E-state index in [-0.39, 0.29) is 0 Å². The number of thioether (sulfide) groups is 1. The Morgan fingerprint density at radius 2 is 2.33 bits per heavy atom. The second-order valence-corrected chi connectivity index (χ2v) is 5.27. The number of nitrogens with zero attached hydrogens (tertiary/aromatic N) is 3. The molecule has 0 saturated carbocycles. The van der Waals surface area contributed by atoms with Crippen LogP contribution >= 0.6 is 34.7 Å². The zero-order chi connectivity index (χ0) is 10.7. The second kappa shape index (κ2) is 4.78. The summed E-state index contributed by atoms with van der Waals surface area (Å²) in [5, 5.41) is 8.76. The van der Waals surface area contributed by atoms with Gasteiger partial charge in [-0.1, -0.05) is 34.7 Å². The Labute approximate surface area is 99.9 Å². The molecule has 0 radical (unpaired) electrons. The molecule has 0 atom stereocenters. The van der Waals surface area contributed by atoms with E-state index in [1.165, 1.54) is 23.1 Å². The Morgan fingerprint density at radius 3 is 3.00 bits per heavy atom. The zero-order valence-electron chi connectivity index (χ0n) is 7.55. The molecule has 0 aliphatic carbocycles. The molecule has 0 saturated heterocycles. The maximum Gasteiger partial charge on any atom is 0.203 e. The van der Waals surface area contributed by atoms with E-state index < -0.39 is 0 Å². The molecule has 2 N–H and O–H groups in total. The highest BCUT2D eigenvalue weighted by Gasteiger charge is 2.05. The van der Waals surface area contributed by atoms with Crippen molar-refractivity contribution in [3.8, 4) is 0 Å². The molecule has 0 spiro atoms. The minimum atomic E-state index is 0.476. The molecule has 15 heavy (non-hydrogen) atoms. The third kappa shape index (κ3) is 2.80. The number of hydrogen-bond donors (Lipinski definition) is 1. The van der Waals surface area contributed by atoms with Gasteiger partial charge in [0.1, 0.15) is 0 Å². The van der Waals surface area contributed by atoms with Crippen LogP contribution in [0.25, 0.3) is 0 Å². The summed E-state index contributed by atoms with van der Waals surface area (Å²) < 4.78 is 0.828. The highest BCUT2D eigenvalue weighted by molar-refractivity contribution is 8.00. The lowest BCUT2D eigenvalue weighted by atomic mass is 10.4. The summed E-state index contributed by atoms with van der Waals surface area (Å²) in [5.74, 6) is 0.675. The Balaban J connectivity index is 2.02. The molecule has 2 rings (SSSR count). The van der Waals surface area contributed by atoms with Gasteiger partial charge >= 0.3 is 0 Å². The van der Waals surface area contributed by atoms with Gasteiger partial charge in [0.15, 0.2) is 4.34 Å². The predicted octanol–water partition coefficient (Wildman–Crippen LogP) is 2.46. The zero-order valence-corrected chi connectivity index (χ0v) is 9.94. The fourth-order valence-electron chi connectivity index (χ4n) is 0.933. The number of halogens is 1. The van der Waals surface area contributed by atoms with Crippen molar-refractivity contribution in [1.82, 2.24) is 15.2 Å². The van der Waals surface area contributed by atoms with Gasteiger partial charge in [-0.2, -0.15) is 0 Å². The Morgan fingerprint density at radius 1 is 1.47 bits per heavy atom. The maximum absolute atomic E-state index is 5.96. The fourth-order valence-corrected chi connectivity index (χ4v) is 2.80. The van der Waals surface area contributed by atoms with Crippen molar-refractivity contribution in [2.75, 3.05) is 5.73 Å². The van der Waals surface area contributed by atoms with Crippen LogP contribution in [0.2, 0.25) is 5.02 Å². The van der Waals surface area contributed by atoms with Crippen molar-refractivity contribution < 1.29 is 0 Å². The van der Waals surface area contributed by atoms with E-state index in [2.05, 4.69) is 15.2 Å². The number of rotatable bonds is 3. The minimum absolute atomic E-state index is 0.476. The van der Waals surface area contributed by atoms with Gasteiger partial charge in [0.25, 0.3) is 0 Å². The Hall–Kier alpha value is -0.850. The molecule has 0 aliphatic heterocycles. The lowest BCUT2D eigenvalue weighted by molar-refractivity contribution is 1.01. The van der Waals surface area contributed by atoms with E-state index in [9.17, 15) is 0 Å². The van der Waals surface area contributed by atoms with Crippen LogP contribution in [-0.4, -0.2) is 15.2 Å². The summed E-state index contributed by atoms with van der Waals surface area (Å²) in [7, 11) is 0. The third-order valence-corrected chi connectivity index (χ3v) is 3.83. The summed E-state index contributed by atoms with van der Waals surface area (Å²) in [5.41, 5.74) is 6.31. The minimum Gasteiger partial charge on any atom is -0.374 e. The van der Waals surface area contributed by atoms with Gasteiger partial charge in [-0.3, -0.25) is 4.98 Å². The first kappa shape index (κ1) is 10.7. The first-order chi connectivity index (χ1) is 7.25. The van der Waals surface area contributed by atoms with Crippen LogP contribution in [0.15, 0.2) is 22.7 Å². The summed E-state index contributed by atoms with van der Waals surface area (Å²) in [4.78, 5) is 4.17. The van der Waals surface area contributed by atoms with E-state index in [4.69, 9.17) is 17.3 Å². The van der Waals surface area contributed by atoms with Gasteiger partial charge in [-0.15, -0.1) is 10.2 Å². The van der Waals surface area contributed by atoms with Crippen molar-refractivity contribution in [3.63, 3.8) is 0 Å². The van der Waals surface area contributed by atoms with Gasteiger partial charge in [0.2, 0.25) is 5.13 Å². The quantitative estimate of drug-likeness (QED) is 0.857. The van der Waals surface area contributed by atoms with Gasteiger partial charge in [0, 0.05) is 11.9 Å². The lowest BCUT2D eigenvalue weighted by Crippen LogP contribution is -1.86. The van der Waals surface area contributed by atoms with E-state index in [0.29, 0.717) is 15.9 Å². The van der Waals surface area contributed by atoms with Crippen LogP contribution in [0.5, 0.6) is 0 Å². The number of hydrogen-bond acceptors (Lipinski definition) is 6. The molecular formula is C8H7ClN4S2. The molecule has 2 heterocycles. The standard InChI is InChI=1S/C8H7ClN4S2/c9-5-2-1-3-11-6(5)4-14-8-13-12-7(10)15-8/h1-3H,4H2,(H2,10,12). The molecule has 0 aliphatic rings. The highest BCUT2D eigenvalue weighted by atomic mass is 35.5. The maximum atomic E-state index is 5.96. The molecular weight excluding hydrogens is 252 g/mol. The van der Waals surface area contributed by atoms with Crippen molar-refractivity contribution in [2.45, 2.75) is 10.1 Å². The number of pyridine rings is 1. The number of nitrogens with two attached hydrogens (primary N) is 1. The molecule has 0 aromatic carbocycles. The second-order valence-electron chi connectivity index (χ2n) is 2.63. The van der Waals surface area contributed by atoms with Crippen molar-refractivity contribution in [3.05, 3.63) is 29.0 Å². The van der Waals surface area contributed by atoms with E-state index >= 15 is 0 Å². The lowest BCUT2D eigenvalue weighted by Gasteiger charge is -1.99. The number of anilines is 1. The van der Waals surface area contributed by atoms with Crippen molar-refractivity contribution >= 4 is 39.8 Å². The van der Waals surface area contributed by atoms with Crippen LogP contribution in [-0.2, 0) is 5.75 Å². The average molecular weight is 259 g/mol. The largest absolute Gasteiger partial charge is 0.374 e. The molecule has 0 fully saturated rings. The molecule has 0 unspecified atom stereocenters. The van der Waals surface area contributed by atoms with Crippen LogP contribution < -0.4 is 5.73 Å². The smallest absolute Gasteiger partial charge is 0.203 e. The van der Waals surface area contributed by atoms with Gasteiger partial charge < -0.3 is 5.73 Å². The molecule has 7 heteroatoms. The number of aromatic nitrogens is 3. The predicted molar refractivity (Wildman–Crippen MR) is 63.1 cm³/mol. The first-order valence-electron chi connectivity index (χ1n) is 4.07. The summed E-state index contributed by atoms with van der Waals surface area (Å²) in [6.07, 6.45) is 1.72. The van der Waals surface area contributed by atoms with Crippen LogP contribution in [0.4, 0.5) is 5.13 Å². The van der Waals surface area contributed by atoms with Crippen molar-refractivity contribution in [2.24, 2.45) is 0 Å². The summed E-state index contributed by atoms with van der Waals surface area (Å²) >= 11 is 8.85. The van der Waals surface area contributed by atoms with Crippen LogP contribution in [0, 0.1) is 0 Å². The third-order valence-electron chi connectivity index (χ3n) is 1.59. The SMILES string of the molecule is Nc1nnc(SCc2ncccc2Cl)s1. The molecule has 2 aromatic rings. The first-order valence-corrected chi connectivity index (χ1v) is 6.25. The van der Waals surface area contributed by atoms with E-state index in [1.807, 2.05) is 6.07 Å². The molecule has 78 valence electrons. The summed E-state index contributed by atoms with van der Waals surface area (Å²) in [6.45, 7) is 0. The van der Waals surface area contributed by atoms with Gasteiger partial charge in [-0.05, 0) is 12.1 Å². The summed E-state index contributed by atoms with van der Waals surface area (Å²) in [6, 6.07) is 3.62. The molecule has 0 bridgehead atoms. The normalized spacial score (nSPS) is 10.5. The van der Waals surface area contributed by atoms with Crippen LogP contribution in [0.1, 0.15) is 5.69 Å². The molecule has 4 nitrogen and oxygen atoms in total. The van der Waals surface area contributed by atoms with Crippen LogP contribution in [0.3, 0.4) is 0 Å². The Bertz CT molecular complexity index is 459. The fraction of sp³-hybridized carbons (Fsp3) is 0.125. The monoisotopic (exact) mass is 258 g/mol. The Kier molecular flexibility index (Phi) is 3.40. The van der Waals surface area contributed by atoms with Crippen molar-refractivity contribution in [1.29, 1.82) is 0 Å². The molecule has 2 aromatic heterocycles. The highest BCUT2D eigenvalue weighted by Crippen LogP contribution is 2.28. The van der Waals surface area contributed by atoms with E-state index in [0.717, 1.165) is 10.0 Å². The van der Waals surface area contributed by atoms with E-state index in [1.54, 1.807) is 12.3 Å².